The SMILES string of the molecule is CCC(C(=O)O)C1CN(C(=O)C2CC2)C1. The number of carboxylic acid groups (broad SMARTS) is 1. The second-order valence-electron chi connectivity index (χ2n) is 4.63. The van der Waals surface area contributed by atoms with Crippen molar-refractivity contribution in [2.24, 2.45) is 17.8 Å². The summed E-state index contributed by atoms with van der Waals surface area (Å²) < 4.78 is 0. The molecule has 1 saturated carbocycles. The largest absolute Gasteiger partial charge is 0.481 e. The van der Waals surface area contributed by atoms with Gasteiger partial charge in [0.25, 0.3) is 0 Å². The molecule has 1 saturated heterocycles. The Balaban J connectivity index is 1.81. The van der Waals surface area contributed by atoms with Crippen molar-refractivity contribution in [2.75, 3.05) is 13.1 Å². The summed E-state index contributed by atoms with van der Waals surface area (Å²) in [4.78, 5) is 24.3. The number of carbonyl (C=O) groups excluding carboxylic acids is 1. The highest BCUT2D eigenvalue weighted by Crippen LogP contribution is 2.35. The molecule has 0 radical (unpaired) electrons. The van der Waals surface area contributed by atoms with Gasteiger partial charge in [0.1, 0.15) is 0 Å². The Hall–Kier alpha value is -1.06. The van der Waals surface area contributed by atoms with Crippen molar-refractivity contribution in [3.8, 4) is 0 Å². The van der Waals surface area contributed by atoms with Crippen LogP contribution >= 0.6 is 0 Å². The quantitative estimate of drug-likeness (QED) is 0.753. The Bertz CT molecular complexity index is 280. The number of carbonyl (C=O) groups is 2. The van der Waals surface area contributed by atoms with E-state index in [9.17, 15) is 9.59 Å². The summed E-state index contributed by atoms with van der Waals surface area (Å²) in [5, 5.41) is 8.95. The summed E-state index contributed by atoms with van der Waals surface area (Å²) in [6.45, 7) is 3.20. The van der Waals surface area contributed by atoms with Gasteiger partial charge in [-0.3, -0.25) is 9.59 Å². The summed E-state index contributed by atoms with van der Waals surface area (Å²) in [7, 11) is 0. The lowest BCUT2D eigenvalue weighted by Crippen LogP contribution is -2.54. The average Bonchev–Trinajstić information content (AvgIpc) is 2.91. The van der Waals surface area contributed by atoms with Crippen LogP contribution in [0.4, 0.5) is 0 Å². The van der Waals surface area contributed by atoms with Gasteiger partial charge >= 0.3 is 5.97 Å². The Morgan fingerprint density at radius 3 is 2.40 bits per heavy atom. The van der Waals surface area contributed by atoms with Gasteiger partial charge in [-0.1, -0.05) is 6.92 Å². The number of amides is 1. The molecule has 4 nitrogen and oxygen atoms in total. The van der Waals surface area contributed by atoms with Gasteiger partial charge in [0.05, 0.1) is 5.92 Å². The molecule has 1 aliphatic carbocycles. The van der Waals surface area contributed by atoms with Crippen LogP contribution in [-0.2, 0) is 9.59 Å². The lowest BCUT2D eigenvalue weighted by molar-refractivity contribution is -0.152. The first-order chi connectivity index (χ1) is 7.13. The molecule has 1 N–H and O–H groups in total. The van der Waals surface area contributed by atoms with E-state index in [2.05, 4.69) is 0 Å². The van der Waals surface area contributed by atoms with Crippen LogP contribution in [0.1, 0.15) is 26.2 Å². The third-order valence-electron chi connectivity index (χ3n) is 3.47. The molecule has 0 bridgehead atoms. The molecule has 1 aliphatic heterocycles. The average molecular weight is 211 g/mol. The van der Waals surface area contributed by atoms with Crippen LogP contribution in [-0.4, -0.2) is 35.0 Å². The predicted molar refractivity (Wildman–Crippen MR) is 54.2 cm³/mol. The minimum atomic E-state index is -0.721. The molecule has 4 heteroatoms. The Labute approximate surface area is 89.3 Å². The van der Waals surface area contributed by atoms with Crippen molar-refractivity contribution in [1.29, 1.82) is 0 Å². The maximum Gasteiger partial charge on any atom is 0.306 e. The molecule has 1 heterocycles. The minimum absolute atomic E-state index is 0.176. The standard InChI is InChI=1S/C11H17NO3/c1-2-9(11(14)15)8-5-12(6-8)10(13)7-3-4-7/h7-9H,2-6H2,1H3,(H,14,15). The van der Waals surface area contributed by atoms with Crippen molar-refractivity contribution < 1.29 is 14.7 Å². The van der Waals surface area contributed by atoms with Crippen molar-refractivity contribution in [1.82, 2.24) is 4.90 Å². The fourth-order valence-electron chi connectivity index (χ4n) is 2.25. The molecule has 2 rings (SSSR count). The molecule has 1 unspecified atom stereocenters. The monoisotopic (exact) mass is 211 g/mol. The van der Waals surface area contributed by atoms with Crippen LogP contribution in [0.15, 0.2) is 0 Å². The Morgan fingerprint density at radius 1 is 1.40 bits per heavy atom. The molecule has 0 spiro atoms. The number of carboxylic acids is 1. The van der Waals surface area contributed by atoms with Gasteiger partial charge in [0.2, 0.25) is 5.91 Å². The van der Waals surface area contributed by atoms with E-state index in [-0.39, 0.29) is 23.7 Å². The van der Waals surface area contributed by atoms with Crippen molar-refractivity contribution in [3.05, 3.63) is 0 Å². The van der Waals surface area contributed by atoms with Gasteiger partial charge in [0, 0.05) is 24.9 Å². The number of nitrogens with zero attached hydrogens (tertiary/aromatic N) is 1. The second kappa shape index (κ2) is 3.83. The van der Waals surface area contributed by atoms with Gasteiger partial charge in [-0.05, 0) is 19.3 Å². The van der Waals surface area contributed by atoms with E-state index in [0.29, 0.717) is 19.5 Å². The fraction of sp³-hybridized carbons (Fsp3) is 0.818. The molecule has 0 aromatic rings. The van der Waals surface area contributed by atoms with Gasteiger partial charge in [-0.15, -0.1) is 0 Å². The fourth-order valence-corrected chi connectivity index (χ4v) is 2.25. The van der Waals surface area contributed by atoms with E-state index in [1.165, 1.54) is 0 Å². The van der Waals surface area contributed by atoms with Gasteiger partial charge in [0.15, 0.2) is 0 Å². The first kappa shape index (κ1) is 10.5. The molecule has 2 aliphatic rings. The van der Waals surface area contributed by atoms with Crippen LogP contribution in [0, 0.1) is 17.8 Å². The first-order valence-electron chi connectivity index (χ1n) is 5.65. The zero-order chi connectivity index (χ0) is 11.0. The third-order valence-corrected chi connectivity index (χ3v) is 3.47. The maximum absolute atomic E-state index is 11.6. The van der Waals surface area contributed by atoms with E-state index in [4.69, 9.17) is 5.11 Å². The van der Waals surface area contributed by atoms with Gasteiger partial charge < -0.3 is 10.0 Å². The van der Waals surface area contributed by atoms with E-state index in [0.717, 1.165) is 12.8 Å². The molecule has 15 heavy (non-hydrogen) atoms. The normalized spacial score (nSPS) is 23.4. The molecule has 84 valence electrons. The number of rotatable bonds is 4. The lowest BCUT2D eigenvalue weighted by Gasteiger charge is -2.42. The Kier molecular flexibility index (Phi) is 2.67. The topological polar surface area (TPSA) is 57.6 Å². The highest BCUT2D eigenvalue weighted by atomic mass is 16.4. The molecular weight excluding hydrogens is 194 g/mol. The summed E-state index contributed by atoms with van der Waals surface area (Å²) >= 11 is 0. The molecule has 2 fully saturated rings. The zero-order valence-corrected chi connectivity index (χ0v) is 8.98. The predicted octanol–water partition coefficient (Wildman–Crippen LogP) is 0.966. The summed E-state index contributed by atoms with van der Waals surface area (Å²) in [6, 6.07) is 0. The number of aliphatic carboxylic acids is 1. The van der Waals surface area contributed by atoms with Crippen LogP contribution < -0.4 is 0 Å². The van der Waals surface area contributed by atoms with Crippen LogP contribution in [0.25, 0.3) is 0 Å². The summed E-state index contributed by atoms with van der Waals surface area (Å²) in [5.74, 6) is -0.313. The van der Waals surface area contributed by atoms with Crippen LogP contribution in [0.2, 0.25) is 0 Å². The van der Waals surface area contributed by atoms with Crippen LogP contribution in [0.3, 0.4) is 0 Å². The van der Waals surface area contributed by atoms with Crippen LogP contribution in [0.5, 0.6) is 0 Å². The molecule has 0 aromatic heterocycles. The molecular formula is C11H17NO3. The summed E-state index contributed by atoms with van der Waals surface area (Å²) in [6.07, 6.45) is 2.71. The van der Waals surface area contributed by atoms with Crippen molar-refractivity contribution in [3.63, 3.8) is 0 Å². The minimum Gasteiger partial charge on any atom is -0.481 e. The van der Waals surface area contributed by atoms with E-state index >= 15 is 0 Å². The second-order valence-corrected chi connectivity index (χ2v) is 4.63. The Morgan fingerprint density at radius 2 is 2.00 bits per heavy atom. The lowest BCUT2D eigenvalue weighted by atomic mass is 9.84. The van der Waals surface area contributed by atoms with Crippen molar-refractivity contribution in [2.45, 2.75) is 26.2 Å². The highest BCUT2D eigenvalue weighted by Gasteiger charge is 2.42. The molecule has 1 atom stereocenters. The van der Waals surface area contributed by atoms with E-state index in [1.54, 1.807) is 0 Å². The first-order valence-corrected chi connectivity index (χ1v) is 5.65. The smallest absolute Gasteiger partial charge is 0.306 e. The molecule has 0 aromatic carbocycles. The van der Waals surface area contributed by atoms with E-state index < -0.39 is 5.97 Å². The van der Waals surface area contributed by atoms with Gasteiger partial charge in [-0.25, -0.2) is 0 Å². The highest BCUT2D eigenvalue weighted by molar-refractivity contribution is 5.82. The summed E-state index contributed by atoms with van der Waals surface area (Å²) in [5.41, 5.74) is 0. The number of likely N-dealkylation sites (tertiary alicyclic amines) is 1. The number of hydrogen-bond donors (Lipinski definition) is 1. The molecule has 1 amide bonds. The third kappa shape index (κ3) is 1.98. The van der Waals surface area contributed by atoms with Gasteiger partial charge in [-0.2, -0.15) is 0 Å². The maximum atomic E-state index is 11.6. The zero-order valence-electron chi connectivity index (χ0n) is 8.98. The number of hydrogen-bond acceptors (Lipinski definition) is 2. The van der Waals surface area contributed by atoms with Crippen molar-refractivity contribution >= 4 is 11.9 Å². The van der Waals surface area contributed by atoms with E-state index in [1.807, 2.05) is 11.8 Å².